The molecule has 2 N–H and O–H groups in total. The Balaban J connectivity index is 2.63. The molecule has 6 heteroatoms. The van der Waals surface area contributed by atoms with E-state index in [9.17, 15) is 9.18 Å². The van der Waals surface area contributed by atoms with E-state index in [0.717, 1.165) is 6.07 Å². The van der Waals surface area contributed by atoms with Crippen molar-refractivity contribution < 1.29 is 9.50 Å². The van der Waals surface area contributed by atoms with Gasteiger partial charge in [0.1, 0.15) is 5.82 Å². The SMILES string of the molecule is CC(C)c1nc(-c2ccc(O)c(F)c2)[nH]c(=O)c1I. The number of halogens is 2. The summed E-state index contributed by atoms with van der Waals surface area (Å²) in [5, 5.41) is 9.16. The summed E-state index contributed by atoms with van der Waals surface area (Å²) in [6.45, 7) is 3.87. The molecule has 0 saturated heterocycles. The standard InChI is InChI=1S/C13H12FIN2O2/c1-6(2)11-10(15)13(19)17-12(16-11)7-3-4-9(18)8(14)5-7/h3-6,18H,1-2H3,(H,16,17,19). The van der Waals surface area contributed by atoms with Gasteiger partial charge in [0, 0.05) is 5.56 Å². The van der Waals surface area contributed by atoms with Crippen LogP contribution in [0.4, 0.5) is 4.39 Å². The summed E-state index contributed by atoms with van der Waals surface area (Å²) in [6.07, 6.45) is 0. The van der Waals surface area contributed by atoms with E-state index < -0.39 is 11.6 Å². The van der Waals surface area contributed by atoms with Crippen molar-refractivity contribution in [2.45, 2.75) is 19.8 Å². The molecule has 0 aliphatic carbocycles. The molecule has 0 bridgehead atoms. The normalized spacial score (nSPS) is 11.0. The zero-order valence-electron chi connectivity index (χ0n) is 10.4. The van der Waals surface area contributed by atoms with Crippen molar-refractivity contribution in [1.29, 1.82) is 0 Å². The van der Waals surface area contributed by atoms with Crippen LogP contribution in [0.2, 0.25) is 0 Å². The first-order valence-electron chi connectivity index (χ1n) is 5.68. The maximum Gasteiger partial charge on any atom is 0.264 e. The molecule has 1 aromatic heterocycles. The molecular formula is C13H12FIN2O2. The molecule has 2 aromatic rings. The Morgan fingerprint density at radius 2 is 2.11 bits per heavy atom. The summed E-state index contributed by atoms with van der Waals surface area (Å²) < 4.78 is 13.9. The quantitative estimate of drug-likeness (QED) is 0.795. The highest BCUT2D eigenvalue weighted by molar-refractivity contribution is 14.1. The van der Waals surface area contributed by atoms with E-state index in [0.29, 0.717) is 20.7 Å². The molecule has 2 rings (SSSR count). The zero-order chi connectivity index (χ0) is 14.2. The van der Waals surface area contributed by atoms with Crippen LogP contribution >= 0.6 is 22.6 Å². The molecule has 0 fully saturated rings. The molecule has 4 nitrogen and oxygen atoms in total. The molecule has 0 atom stereocenters. The van der Waals surface area contributed by atoms with Crippen LogP contribution in [0.5, 0.6) is 5.75 Å². The average Bonchev–Trinajstić information content (AvgIpc) is 2.35. The highest BCUT2D eigenvalue weighted by atomic mass is 127. The molecule has 0 aliphatic rings. The number of nitrogens with one attached hydrogen (secondary N) is 1. The number of nitrogens with zero attached hydrogens (tertiary/aromatic N) is 1. The third kappa shape index (κ3) is 2.78. The minimum Gasteiger partial charge on any atom is -0.505 e. The van der Waals surface area contributed by atoms with Crippen molar-refractivity contribution in [2.75, 3.05) is 0 Å². The number of aromatic hydroxyl groups is 1. The largest absolute Gasteiger partial charge is 0.505 e. The first-order chi connectivity index (χ1) is 8.90. The molecule has 0 saturated carbocycles. The summed E-state index contributed by atoms with van der Waals surface area (Å²) in [6, 6.07) is 3.88. The smallest absolute Gasteiger partial charge is 0.264 e. The minimum atomic E-state index is -0.746. The summed E-state index contributed by atoms with van der Waals surface area (Å²) >= 11 is 1.95. The Morgan fingerprint density at radius 1 is 1.42 bits per heavy atom. The van der Waals surface area contributed by atoms with E-state index >= 15 is 0 Å². The summed E-state index contributed by atoms with van der Waals surface area (Å²) in [5.74, 6) is -0.784. The van der Waals surface area contributed by atoms with Crippen LogP contribution in [0.25, 0.3) is 11.4 Å². The molecule has 0 aliphatic heterocycles. The molecule has 0 amide bonds. The predicted octanol–water partition coefficient (Wildman–Crippen LogP) is 3.01. The second kappa shape index (κ2) is 5.28. The fraction of sp³-hybridized carbons (Fsp3) is 0.231. The van der Waals surface area contributed by atoms with Crippen LogP contribution in [0.3, 0.4) is 0 Å². The number of H-pyrrole nitrogens is 1. The highest BCUT2D eigenvalue weighted by Gasteiger charge is 2.14. The van der Waals surface area contributed by atoms with Gasteiger partial charge in [0.2, 0.25) is 0 Å². The summed E-state index contributed by atoms with van der Waals surface area (Å²) in [5.41, 5.74) is 0.848. The van der Waals surface area contributed by atoms with Crippen molar-refractivity contribution in [3.8, 4) is 17.1 Å². The van der Waals surface area contributed by atoms with Gasteiger partial charge in [-0.15, -0.1) is 0 Å². The molecule has 100 valence electrons. The van der Waals surface area contributed by atoms with Crippen LogP contribution < -0.4 is 5.56 Å². The lowest BCUT2D eigenvalue weighted by molar-refractivity contribution is 0.432. The van der Waals surface area contributed by atoms with Gasteiger partial charge in [-0.1, -0.05) is 13.8 Å². The number of aromatic nitrogens is 2. The summed E-state index contributed by atoms with van der Waals surface area (Å²) in [7, 11) is 0. The zero-order valence-corrected chi connectivity index (χ0v) is 12.5. The van der Waals surface area contributed by atoms with Gasteiger partial charge in [0.15, 0.2) is 11.6 Å². The average molecular weight is 374 g/mol. The first-order valence-corrected chi connectivity index (χ1v) is 6.76. The van der Waals surface area contributed by atoms with Gasteiger partial charge >= 0.3 is 0 Å². The molecule has 1 heterocycles. The number of rotatable bonds is 2. The molecule has 0 spiro atoms. The second-order valence-corrected chi connectivity index (χ2v) is 5.51. The van der Waals surface area contributed by atoms with Crippen LogP contribution in [-0.2, 0) is 0 Å². The molecule has 19 heavy (non-hydrogen) atoms. The number of phenolic OH excluding ortho intramolecular Hbond substituents is 1. The van der Waals surface area contributed by atoms with Gasteiger partial charge in [-0.3, -0.25) is 4.79 Å². The Labute approximate surface area is 122 Å². The number of hydrogen-bond donors (Lipinski definition) is 2. The van der Waals surface area contributed by atoms with Crippen LogP contribution in [0.1, 0.15) is 25.5 Å². The van der Waals surface area contributed by atoms with Crippen LogP contribution in [0.15, 0.2) is 23.0 Å². The molecule has 0 unspecified atom stereocenters. The fourth-order valence-electron chi connectivity index (χ4n) is 1.65. The van der Waals surface area contributed by atoms with Gasteiger partial charge in [0.05, 0.1) is 9.26 Å². The van der Waals surface area contributed by atoms with E-state index in [-0.39, 0.29) is 11.5 Å². The topological polar surface area (TPSA) is 66.0 Å². The molecule has 1 aromatic carbocycles. The van der Waals surface area contributed by atoms with Gasteiger partial charge < -0.3 is 10.1 Å². The van der Waals surface area contributed by atoms with E-state index in [1.807, 2.05) is 36.4 Å². The van der Waals surface area contributed by atoms with E-state index in [1.165, 1.54) is 12.1 Å². The van der Waals surface area contributed by atoms with Gasteiger partial charge in [-0.05, 0) is 46.7 Å². The van der Waals surface area contributed by atoms with Crippen molar-refractivity contribution in [3.05, 3.63) is 43.6 Å². The van der Waals surface area contributed by atoms with Crippen LogP contribution in [0, 0.1) is 9.39 Å². The maximum absolute atomic E-state index is 13.3. The first kappa shape index (κ1) is 14.0. The Morgan fingerprint density at radius 3 is 2.68 bits per heavy atom. The van der Waals surface area contributed by atoms with E-state index in [1.54, 1.807) is 0 Å². The summed E-state index contributed by atoms with van der Waals surface area (Å²) in [4.78, 5) is 18.8. The highest BCUT2D eigenvalue weighted by Crippen LogP contribution is 2.24. The van der Waals surface area contributed by atoms with Crippen molar-refractivity contribution in [1.82, 2.24) is 9.97 Å². The molecular weight excluding hydrogens is 362 g/mol. The monoisotopic (exact) mass is 374 g/mol. The third-order valence-electron chi connectivity index (χ3n) is 2.66. The number of phenols is 1. The Bertz CT molecular complexity index is 683. The minimum absolute atomic E-state index is 0.0925. The Hall–Kier alpha value is -1.44. The number of hydrogen-bond acceptors (Lipinski definition) is 3. The maximum atomic E-state index is 13.3. The predicted molar refractivity (Wildman–Crippen MR) is 78.7 cm³/mol. The fourth-order valence-corrected chi connectivity index (χ4v) is 2.53. The Kier molecular flexibility index (Phi) is 3.88. The number of aromatic amines is 1. The van der Waals surface area contributed by atoms with Gasteiger partial charge in [-0.25, -0.2) is 9.37 Å². The van der Waals surface area contributed by atoms with E-state index in [4.69, 9.17) is 5.11 Å². The lowest BCUT2D eigenvalue weighted by Gasteiger charge is -2.09. The molecule has 0 radical (unpaired) electrons. The van der Waals surface area contributed by atoms with Crippen molar-refractivity contribution in [3.63, 3.8) is 0 Å². The lowest BCUT2D eigenvalue weighted by Crippen LogP contribution is -2.17. The van der Waals surface area contributed by atoms with Gasteiger partial charge in [0.25, 0.3) is 5.56 Å². The van der Waals surface area contributed by atoms with Crippen LogP contribution in [-0.4, -0.2) is 15.1 Å². The van der Waals surface area contributed by atoms with Crippen molar-refractivity contribution >= 4 is 22.6 Å². The van der Waals surface area contributed by atoms with Gasteiger partial charge in [-0.2, -0.15) is 0 Å². The van der Waals surface area contributed by atoms with E-state index in [2.05, 4.69) is 9.97 Å². The number of benzene rings is 1. The third-order valence-corrected chi connectivity index (χ3v) is 3.70. The lowest BCUT2D eigenvalue weighted by atomic mass is 10.1. The second-order valence-electron chi connectivity index (χ2n) is 4.43. The van der Waals surface area contributed by atoms with Crippen molar-refractivity contribution in [2.24, 2.45) is 0 Å².